The molecule has 8 rings (SSSR count). The standard InChI is InChI=1S/C46H56N6O8S2/c1-27(2)36-26-61-42(49-36)35-23-39(33-17-18-38(59-6)28(3)40(33)48-35)60-32-22-37-41(53)50-46(44(55)51-62(56,57)45(4)19-20-45)24-29(46)13-10-8-7-9-11-16-34(43(54)52(37)25-32)47-30-14-12-15-31(21-30)58-5/h10,12-15,17-18,21,23,26-27,29,32,34,37,47H,7-9,11,16,19-20,22,24-25H2,1-6H3,(H,50,53)(H,51,55)/b13-10-/t29?,32-,34+,37+,46-/m1/s1. The van der Waals surface area contributed by atoms with Crippen LogP contribution in [-0.2, 0) is 24.4 Å². The summed E-state index contributed by atoms with van der Waals surface area (Å²) in [7, 11) is -0.788. The van der Waals surface area contributed by atoms with Crippen molar-refractivity contribution in [2.24, 2.45) is 5.92 Å². The number of sulfonamides is 1. The number of methoxy groups -OCH3 is 2. The highest BCUT2D eigenvalue weighted by Gasteiger charge is 2.63. The number of amides is 3. The van der Waals surface area contributed by atoms with Crippen molar-refractivity contribution in [3.8, 4) is 28.0 Å². The molecule has 0 bridgehead atoms. The Kier molecular flexibility index (Phi) is 12.0. The number of fused-ring (bicyclic) bond motifs is 3. The Morgan fingerprint density at radius 3 is 2.56 bits per heavy atom. The second kappa shape index (κ2) is 17.2. The molecule has 4 heterocycles. The number of nitrogens with one attached hydrogen (secondary N) is 3. The van der Waals surface area contributed by atoms with Crippen LogP contribution in [0, 0.1) is 12.8 Å². The first-order valence-corrected chi connectivity index (χ1v) is 23.9. The fraction of sp³-hybridized carbons (Fsp3) is 0.500. The maximum absolute atomic E-state index is 15.0. The highest BCUT2D eigenvalue weighted by Crippen LogP contribution is 2.48. The molecular formula is C46H56N6O8S2. The zero-order chi connectivity index (χ0) is 44.0. The van der Waals surface area contributed by atoms with E-state index in [9.17, 15) is 22.8 Å². The van der Waals surface area contributed by atoms with E-state index in [-0.39, 0.29) is 31.2 Å². The number of thiazole rings is 1. The van der Waals surface area contributed by atoms with Gasteiger partial charge < -0.3 is 29.7 Å². The van der Waals surface area contributed by atoms with Crippen LogP contribution in [0.15, 0.2) is 60.0 Å². The molecule has 2 saturated carbocycles. The van der Waals surface area contributed by atoms with Crippen molar-refractivity contribution < 1.29 is 37.0 Å². The third-order valence-electron chi connectivity index (χ3n) is 12.9. The molecule has 0 spiro atoms. The van der Waals surface area contributed by atoms with Gasteiger partial charge in [-0.05, 0) is 82.6 Å². The molecule has 14 nitrogen and oxygen atoms in total. The number of rotatable bonds is 11. The lowest BCUT2D eigenvalue weighted by Gasteiger charge is -2.30. The molecule has 330 valence electrons. The first kappa shape index (κ1) is 43.4. The van der Waals surface area contributed by atoms with Gasteiger partial charge in [-0.3, -0.25) is 19.1 Å². The summed E-state index contributed by atoms with van der Waals surface area (Å²) in [5.74, 6) is 0.0399. The van der Waals surface area contributed by atoms with Gasteiger partial charge in [0.2, 0.25) is 21.8 Å². The second-order valence-electron chi connectivity index (χ2n) is 17.7. The van der Waals surface area contributed by atoms with E-state index in [1.54, 1.807) is 26.0 Å². The van der Waals surface area contributed by atoms with Crippen LogP contribution in [0.1, 0.15) is 95.7 Å². The number of hydrogen-bond acceptors (Lipinski definition) is 12. The normalized spacial score (nSPS) is 25.4. The van der Waals surface area contributed by atoms with Crippen LogP contribution in [0.25, 0.3) is 21.6 Å². The molecule has 1 unspecified atom stereocenters. The smallest absolute Gasteiger partial charge is 0.259 e. The summed E-state index contributed by atoms with van der Waals surface area (Å²) in [6.45, 7) is 7.81. The molecule has 0 radical (unpaired) electrons. The number of nitrogens with zero attached hydrogens (tertiary/aromatic N) is 3. The number of aromatic nitrogens is 2. The number of ether oxygens (including phenoxy) is 3. The van der Waals surface area contributed by atoms with Gasteiger partial charge in [-0.25, -0.2) is 18.4 Å². The van der Waals surface area contributed by atoms with E-state index in [1.807, 2.05) is 66.9 Å². The minimum absolute atomic E-state index is 0.0749. The Hall–Kier alpha value is -5.22. The predicted molar refractivity (Wildman–Crippen MR) is 239 cm³/mol. The van der Waals surface area contributed by atoms with Crippen LogP contribution >= 0.6 is 11.3 Å². The molecule has 3 fully saturated rings. The van der Waals surface area contributed by atoms with Gasteiger partial charge in [0.15, 0.2) is 0 Å². The summed E-state index contributed by atoms with van der Waals surface area (Å²) in [5, 5.41) is 9.93. The van der Waals surface area contributed by atoms with Crippen molar-refractivity contribution in [2.75, 3.05) is 26.1 Å². The van der Waals surface area contributed by atoms with E-state index >= 15 is 0 Å². The minimum atomic E-state index is -3.99. The highest BCUT2D eigenvalue weighted by atomic mass is 32.2. The molecule has 3 N–H and O–H groups in total. The van der Waals surface area contributed by atoms with Crippen molar-refractivity contribution in [2.45, 2.75) is 120 Å². The zero-order valence-corrected chi connectivity index (χ0v) is 37.8. The van der Waals surface area contributed by atoms with E-state index < -0.39 is 56.2 Å². The van der Waals surface area contributed by atoms with Crippen LogP contribution in [0.4, 0.5) is 5.69 Å². The molecule has 2 aromatic heterocycles. The lowest BCUT2D eigenvalue weighted by molar-refractivity contribution is -0.140. The number of hydrogen-bond donors (Lipinski definition) is 3. The zero-order valence-electron chi connectivity index (χ0n) is 36.2. The molecule has 1 saturated heterocycles. The number of aryl methyl sites for hydroxylation is 1. The van der Waals surface area contributed by atoms with E-state index in [0.29, 0.717) is 53.4 Å². The number of carbonyl (C=O) groups is 3. The third-order valence-corrected chi connectivity index (χ3v) is 15.9. The maximum Gasteiger partial charge on any atom is 0.259 e. The van der Waals surface area contributed by atoms with Crippen molar-refractivity contribution >= 4 is 55.7 Å². The Labute approximate surface area is 367 Å². The van der Waals surface area contributed by atoms with Crippen LogP contribution in [0.3, 0.4) is 0 Å². The molecule has 3 amide bonds. The van der Waals surface area contributed by atoms with Gasteiger partial charge in [0.25, 0.3) is 5.91 Å². The van der Waals surface area contributed by atoms with Crippen molar-refractivity contribution in [3.05, 3.63) is 71.3 Å². The largest absolute Gasteiger partial charge is 0.497 e. The van der Waals surface area contributed by atoms with Crippen molar-refractivity contribution in [1.82, 2.24) is 24.9 Å². The molecule has 16 heteroatoms. The summed E-state index contributed by atoms with van der Waals surface area (Å²) in [6.07, 6.45) is 8.24. The van der Waals surface area contributed by atoms with Crippen LogP contribution in [-0.4, -0.2) is 90.2 Å². The molecular weight excluding hydrogens is 829 g/mol. The monoisotopic (exact) mass is 884 g/mol. The van der Waals surface area contributed by atoms with Gasteiger partial charge in [-0.15, -0.1) is 11.3 Å². The Bertz CT molecular complexity index is 2520. The summed E-state index contributed by atoms with van der Waals surface area (Å²) in [6, 6.07) is 11.3. The average molecular weight is 885 g/mol. The Morgan fingerprint density at radius 2 is 1.84 bits per heavy atom. The van der Waals surface area contributed by atoms with Crippen LogP contribution in [0.2, 0.25) is 0 Å². The Morgan fingerprint density at radius 1 is 1.03 bits per heavy atom. The third kappa shape index (κ3) is 8.59. The number of allylic oxidation sites excluding steroid dienone is 1. The molecule has 62 heavy (non-hydrogen) atoms. The highest BCUT2D eigenvalue weighted by molar-refractivity contribution is 7.91. The van der Waals surface area contributed by atoms with Crippen LogP contribution in [0.5, 0.6) is 17.2 Å². The number of anilines is 1. The predicted octanol–water partition coefficient (Wildman–Crippen LogP) is 7.03. The van der Waals surface area contributed by atoms with Gasteiger partial charge in [0, 0.05) is 46.5 Å². The average Bonchev–Trinajstić information content (AvgIpc) is 4.02. The topological polar surface area (TPSA) is 178 Å². The molecule has 4 aromatic rings. The van der Waals surface area contributed by atoms with Gasteiger partial charge in [0.05, 0.1) is 36.7 Å². The quantitative estimate of drug-likeness (QED) is 0.132. The van der Waals surface area contributed by atoms with E-state index in [0.717, 1.165) is 47.3 Å². The number of pyridine rings is 1. The fourth-order valence-electron chi connectivity index (χ4n) is 8.52. The van der Waals surface area contributed by atoms with Gasteiger partial charge in [-0.1, -0.05) is 44.9 Å². The Balaban J connectivity index is 1.16. The van der Waals surface area contributed by atoms with Gasteiger partial charge in [-0.2, -0.15) is 0 Å². The molecule has 4 aliphatic rings. The molecule has 2 aromatic carbocycles. The SMILES string of the molecule is COc1cccc(N[C@H]2CCCCC/C=C\C3C[C@@]3(C(=O)NS(=O)(=O)C3(C)CC3)NC(=O)[C@@H]3C[C@@H](Oc4cc(-c5nc(C(C)C)cs5)nc5c(C)c(OC)ccc45)CN3C2=O)c1. The lowest BCUT2D eigenvalue weighted by atomic mass is 10.0. The van der Waals surface area contributed by atoms with Gasteiger partial charge >= 0.3 is 0 Å². The van der Waals surface area contributed by atoms with E-state index in [4.69, 9.17) is 24.2 Å². The van der Waals surface area contributed by atoms with Crippen molar-refractivity contribution in [3.63, 3.8) is 0 Å². The second-order valence-corrected chi connectivity index (χ2v) is 20.7. The molecule has 2 aliphatic heterocycles. The van der Waals surface area contributed by atoms with E-state index in [2.05, 4.69) is 29.2 Å². The molecule has 2 aliphatic carbocycles. The number of benzene rings is 2. The minimum Gasteiger partial charge on any atom is -0.497 e. The first-order chi connectivity index (χ1) is 29.6. The van der Waals surface area contributed by atoms with Gasteiger partial charge in [0.1, 0.15) is 51.7 Å². The first-order valence-electron chi connectivity index (χ1n) is 21.5. The summed E-state index contributed by atoms with van der Waals surface area (Å²) in [5.41, 5.74) is 2.29. The maximum atomic E-state index is 15.0. The summed E-state index contributed by atoms with van der Waals surface area (Å²) < 4.78 is 46.0. The fourth-order valence-corrected chi connectivity index (χ4v) is 10.8. The summed E-state index contributed by atoms with van der Waals surface area (Å²) >= 11 is 1.50. The summed E-state index contributed by atoms with van der Waals surface area (Å²) in [4.78, 5) is 55.3. The van der Waals surface area contributed by atoms with Crippen molar-refractivity contribution in [1.29, 1.82) is 0 Å². The lowest BCUT2D eigenvalue weighted by Crippen LogP contribution is -2.58. The molecule has 5 atom stereocenters. The number of carbonyl (C=O) groups excluding carboxylic acids is 3. The van der Waals surface area contributed by atoms with Crippen LogP contribution < -0.4 is 29.6 Å². The van der Waals surface area contributed by atoms with E-state index in [1.165, 1.54) is 11.3 Å².